The predicted molar refractivity (Wildman–Crippen MR) is 105 cm³/mol. The van der Waals surface area contributed by atoms with E-state index in [4.69, 9.17) is 0 Å². The highest BCUT2D eigenvalue weighted by molar-refractivity contribution is 9.10. The number of hydrogen-bond donors (Lipinski definition) is 1. The van der Waals surface area contributed by atoms with E-state index in [-0.39, 0.29) is 5.91 Å². The Kier molecular flexibility index (Phi) is 5.46. The van der Waals surface area contributed by atoms with Crippen molar-refractivity contribution in [3.63, 3.8) is 0 Å². The third kappa shape index (κ3) is 4.25. The van der Waals surface area contributed by atoms with Crippen molar-refractivity contribution < 1.29 is 4.79 Å². The van der Waals surface area contributed by atoms with E-state index >= 15 is 0 Å². The molecule has 0 aliphatic rings. The molecule has 0 atom stereocenters. The summed E-state index contributed by atoms with van der Waals surface area (Å²) in [5, 5.41) is 2.82. The van der Waals surface area contributed by atoms with Gasteiger partial charge in [-0.2, -0.15) is 0 Å². The largest absolute Gasteiger partial charge is 0.341 e. The Balaban J connectivity index is 1.73. The van der Waals surface area contributed by atoms with Gasteiger partial charge in [-0.25, -0.2) is 4.98 Å². The van der Waals surface area contributed by atoms with Gasteiger partial charge in [-0.1, -0.05) is 34.1 Å². The first-order valence-electron chi connectivity index (χ1n) is 8.03. The molecular weight excluding hydrogens is 378 g/mol. The summed E-state index contributed by atoms with van der Waals surface area (Å²) in [6.07, 6.45) is 1.77. The standard InChI is InChI=1S/C20H18BrN3O/c1-2-24(17-6-4-3-5-7-17)18-12-13-19(22-14-18)23-20(25)15-8-10-16(21)11-9-15/h3-14H,2H2,1H3,(H,22,23,25). The Labute approximate surface area is 155 Å². The number of carbonyl (C=O) groups is 1. The molecule has 0 spiro atoms. The zero-order valence-corrected chi connectivity index (χ0v) is 15.4. The Bertz CT molecular complexity index is 833. The molecule has 5 heteroatoms. The SMILES string of the molecule is CCN(c1ccccc1)c1ccc(NC(=O)c2ccc(Br)cc2)nc1. The molecule has 1 amide bonds. The van der Waals surface area contributed by atoms with Gasteiger partial charge in [0.1, 0.15) is 5.82 Å². The number of hydrogen-bond acceptors (Lipinski definition) is 3. The van der Waals surface area contributed by atoms with E-state index in [0.29, 0.717) is 11.4 Å². The summed E-state index contributed by atoms with van der Waals surface area (Å²) in [5.41, 5.74) is 2.68. The minimum Gasteiger partial charge on any atom is -0.341 e. The van der Waals surface area contributed by atoms with Gasteiger partial charge < -0.3 is 10.2 Å². The van der Waals surface area contributed by atoms with Crippen LogP contribution in [0.1, 0.15) is 17.3 Å². The number of para-hydroxylation sites is 1. The summed E-state index contributed by atoms with van der Waals surface area (Å²) in [7, 11) is 0. The lowest BCUT2D eigenvalue weighted by Gasteiger charge is -2.23. The summed E-state index contributed by atoms with van der Waals surface area (Å²) in [4.78, 5) is 18.8. The van der Waals surface area contributed by atoms with Crippen molar-refractivity contribution in [3.8, 4) is 0 Å². The van der Waals surface area contributed by atoms with Gasteiger partial charge in [-0.05, 0) is 55.5 Å². The fourth-order valence-electron chi connectivity index (χ4n) is 2.53. The zero-order valence-electron chi connectivity index (χ0n) is 13.8. The van der Waals surface area contributed by atoms with E-state index in [1.54, 1.807) is 18.3 Å². The molecule has 0 unspecified atom stereocenters. The third-order valence-corrected chi connectivity index (χ3v) is 4.32. The maximum absolute atomic E-state index is 12.2. The average molecular weight is 396 g/mol. The first-order chi connectivity index (χ1) is 12.2. The van der Waals surface area contributed by atoms with Crippen LogP contribution in [-0.4, -0.2) is 17.4 Å². The van der Waals surface area contributed by atoms with Gasteiger partial charge in [-0.15, -0.1) is 0 Å². The van der Waals surface area contributed by atoms with Crippen LogP contribution in [0.25, 0.3) is 0 Å². The maximum Gasteiger partial charge on any atom is 0.256 e. The first kappa shape index (κ1) is 17.2. The molecule has 3 aromatic rings. The fourth-order valence-corrected chi connectivity index (χ4v) is 2.80. The Hall–Kier alpha value is -2.66. The second kappa shape index (κ2) is 7.94. The molecule has 0 fully saturated rings. The molecule has 1 N–H and O–H groups in total. The lowest BCUT2D eigenvalue weighted by molar-refractivity contribution is 0.102. The van der Waals surface area contributed by atoms with Gasteiger partial charge in [0.15, 0.2) is 0 Å². The quantitative estimate of drug-likeness (QED) is 0.640. The lowest BCUT2D eigenvalue weighted by Crippen LogP contribution is -2.17. The van der Waals surface area contributed by atoms with Crippen LogP contribution in [0.5, 0.6) is 0 Å². The molecule has 0 bridgehead atoms. The van der Waals surface area contributed by atoms with Crippen LogP contribution in [-0.2, 0) is 0 Å². The molecule has 25 heavy (non-hydrogen) atoms. The number of anilines is 3. The molecule has 2 aromatic carbocycles. The highest BCUT2D eigenvalue weighted by Crippen LogP contribution is 2.24. The summed E-state index contributed by atoms with van der Waals surface area (Å²) in [6.45, 7) is 2.92. The lowest BCUT2D eigenvalue weighted by atomic mass is 10.2. The van der Waals surface area contributed by atoms with Crippen molar-refractivity contribution in [3.05, 3.63) is 83.0 Å². The number of pyridine rings is 1. The molecule has 0 aliphatic carbocycles. The maximum atomic E-state index is 12.2. The van der Waals surface area contributed by atoms with Gasteiger partial charge in [-0.3, -0.25) is 4.79 Å². The van der Waals surface area contributed by atoms with E-state index < -0.39 is 0 Å². The van der Waals surface area contributed by atoms with E-state index in [2.05, 4.69) is 50.2 Å². The molecule has 3 rings (SSSR count). The summed E-state index contributed by atoms with van der Waals surface area (Å²) < 4.78 is 0.937. The van der Waals surface area contributed by atoms with Crippen LogP contribution in [0.15, 0.2) is 77.4 Å². The molecule has 4 nitrogen and oxygen atoms in total. The number of nitrogens with zero attached hydrogens (tertiary/aromatic N) is 2. The second-order valence-corrected chi connectivity index (χ2v) is 6.36. The molecule has 1 aromatic heterocycles. The molecule has 0 saturated heterocycles. The number of rotatable bonds is 5. The normalized spacial score (nSPS) is 10.3. The van der Waals surface area contributed by atoms with Gasteiger partial charge in [0.05, 0.1) is 11.9 Å². The van der Waals surface area contributed by atoms with Crippen molar-refractivity contribution in [1.82, 2.24) is 4.98 Å². The molecule has 0 radical (unpaired) electrons. The molecule has 126 valence electrons. The third-order valence-electron chi connectivity index (χ3n) is 3.79. The summed E-state index contributed by atoms with van der Waals surface area (Å²) >= 11 is 3.36. The van der Waals surface area contributed by atoms with Crippen LogP contribution in [0.2, 0.25) is 0 Å². The number of benzene rings is 2. The topological polar surface area (TPSA) is 45.2 Å². The second-order valence-electron chi connectivity index (χ2n) is 5.44. The van der Waals surface area contributed by atoms with Crippen LogP contribution in [0.4, 0.5) is 17.2 Å². The van der Waals surface area contributed by atoms with Gasteiger partial charge in [0, 0.05) is 22.3 Å². The van der Waals surface area contributed by atoms with Crippen LogP contribution < -0.4 is 10.2 Å². The fraction of sp³-hybridized carbons (Fsp3) is 0.100. The predicted octanol–water partition coefficient (Wildman–Crippen LogP) is 5.25. The van der Waals surface area contributed by atoms with E-state index in [1.807, 2.05) is 42.5 Å². The smallest absolute Gasteiger partial charge is 0.256 e. The highest BCUT2D eigenvalue weighted by Gasteiger charge is 2.09. The minimum atomic E-state index is -0.178. The van der Waals surface area contributed by atoms with Crippen molar-refractivity contribution in [2.75, 3.05) is 16.8 Å². The molecule has 0 aliphatic heterocycles. The Morgan fingerprint density at radius 2 is 1.72 bits per heavy atom. The van der Waals surface area contributed by atoms with Crippen molar-refractivity contribution in [2.24, 2.45) is 0 Å². The van der Waals surface area contributed by atoms with Crippen molar-refractivity contribution in [1.29, 1.82) is 0 Å². The highest BCUT2D eigenvalue weighted by atomic mass is 79.9. The van der Waals surface area contributed by atoms with Crippen LogP contribution >= 0.6 is 15.9 Å². The van der Waals surface area contributed by atoms with Gasteiger partial charge in [0.2, 0.25) is 0 Å². The number of amides is 1. The molecule has 1 heterocycles. The molecular formula is C20H18BrN3O. The summed E-state index contributed by atoms with van der Waals surface area (Å²) in [6, 6.07) is 21.1. The monoisotopic (exact) mass is 395 g/mol. The Morgan fingerprint density at radius 1 is 1.00 bits per heavy atom. The van der Waals surface area contributed by atoms with E-state index in [1.165, 1.54) is 0 Å². The minimum absolute atomic E-state index is 0.178. The first-order valence-corrected chi connectivity index (χ1v) is 8.82. The van der Waals surface area contributed by atoms with Crippen molar-refractivity contribution >= 4 is 39.0 Å². The number of halogens is 1. The van der Waals surface area contributed by atoms with Gasteiger partial charge in [0.25, 0.3) is 5.91 Å². The van der Waals surface area contributed by atoms with Crippen LogP contribution in [0.3, 0.4) is 0 Å². The number of aromatic nitrogens is 1. The summed E-state index contributed by atoms with van der Waals surface area (Å²) in [5.74, 6) is 0.351. The number of nitrogens with one attached hydrogen (secondary N) is 1. The average Bonchev–Trinajstić information content (AvgIpc) is 2.65. The molecule has 0 saturated carbocycles. The Morgan fingerprint density at radius 3 is 2.32 bits per heavy atom. The zero-order chi connectivity index (χ0) is 17.6. The van der Waals surface area contributed by atoms with Crippen molar-refractivity contribution in [2.45, 2.75) is 6.92 Å². The van der Waals surface area contributed by atoms with E-state index in [0.717, 1.165) is 22.4 Å². The van der Waals surface area contributed by atoms with E-state index in [9.17, 15) is 4.79 Å². The number of carbonyl (C=O) groups excluding carboxylic acids is 1. The van der Waals surface area contributed by atoms with Gasteiger partial charge >= 0.3 is 0 Å². The van der Waals surface area contributed by atoms with Crippen LogP contribution in [0, 0.1) is 0 Å².